The van der Waals surface area contributed by atoms with Crippen LogP contribution in [0.5, 0.6) is 5.75 Å². The van der Waals surface area contributed by atoms with Gasteiger partial charge >= 0.3 is 0 Å². The number of nitrogens with zero attached hydrogens (tertiary/aromatic N) is 2. The number of carbonyl (C=O) groups is 1. The van der Waals surface area contributed by atoms with Gasteiger partial charge in [0.25, 0.3) is 5.91 Å². The fourth-order valence-electron chi connectivity index (χ4n) is 2.49. The molecule has 1 N–H and O–H groups in total. The first-order chi connectivity index (χ1) is 11.2. The Hall–Kier alpha value is -2.82. The Morgan fingerprint density at radius 2 is 2.00 bits per heavy atom. The molecular formula is C18H19N3O2. The number of rotatable bonds is 5. The summed E-state index contributed by atoms with van der Waals surface area (Å²) in [6.45, 7) is 0.589. The highest BCUT2D eigenvalue weighted by Crippen LogP contribution is 2.14. The summed E-state index contributed by atoms with van der Waals surface area (Å²) in [6.07, 6.45) is 2.53. The van der Waals surface area contributed by atoms with E-state index in [0.29, 0.717) is 12.1 Å². The van der Waals surface area contributed by atoms with Crippen LogP contribution in [0.4, 0.5) is 0 Å². The van der Waals surface area contributed by atoms with Gasteiger partial charge in [0.2, 0.25) is 0 Å². The molecule has 0 aliphatic carbocycles. The van der Waals surface area contributed by atoms with Crippen molar-refractivity contribution in [2.45, 2.75) is 6.42 Å². The number of imidazole rings is 1. The molecule has 2 aromatic carbocycles. The number of aryl methyl sites for hydroxylation is 1. The fourth-order valence-corrected chi connectivity index (χ4v) is 2.49. The predicted octanol–water partition coefficient (Wildman–Crippen LogP) is 2.55. The fraction of sp³-hybridized carbons (Fsp3) is 0.222. The van der Waals surface area contributed by atoms with Crippen molar-refractivity contribution in [2.75, 3.05) is 13.7 Å². The Morgan fingerprint density at radius 3 is 2.74 bits per heavy atom. The van der Waals surface area contributed by atoms with Gasteiger partial charge in [-0.2, -0.15) is 0 Å². The number of benzene rings is 2. The van der Waals surface area contributed by atoms with Gasteiger partial charge < -0.3 is 14.6 Å². The van der Waals surface area contributed by atoms with E-state index in [0.717, 1.165) is 28.8 Å². The van der Waals surface area contributed by atoms with Crippen LogP contribution in [0.3, 0.4) is 0 Å². The number of nitrogens with one attached hydrogen (secondary N) is 1. The summed E-state index contributed by atoms with van der Waals surface area (Å²) < 4.78 is 7.06. The average molecular weight is 309 g/mol. The van der Waals surface area contributed by atoms with Gasteiger partial charge in [0.05, 0.1) is 24.5 Å². The summed E-state index contributed by atoms with van der Waals surface area (Å²) in [5, 5.41) is 2.94. The molecule has 0 bridgehead atoms. The van der Waals surface area contributed by atoms with Crippen molar-refractivity contribution in [3.8, 4) is 5.75 Å². The molecule has 5 nitrogen and oxygen atoms in total. The summed E-state index contributed by atoms with van der Waals surface area (Å²) in [5.41, 5.74) is 3.63. The van der Waals surface area contributed by atoms with Gasteiger partial charge in [-0.05, 0) is 42.3 Å². The smallest absolute Gasteiger partial charge is 0.251 e. The van der Waals surface area contributed by atoms with Crippen LogP contribution in [0.2, 0.25) is 0 Å². The van der Waals surface area contributed by atoms with Crippen molar-refractivity contribution >= 4 is 16.9 Å². The SMILES string of the molecule is COc1ccc(CCNC(=O)c2ccc3c(c2)ncn3C)cc1. The Morgan fingerprint density at radius 1 is 1.22 bits per heavy atom. The van der Waals surface area contributed by atoms with Gasteiger partial charge in [0, 0.05) is 19.2 Å². The number of fused-ring (bicyclic) bond motifs is 1. The molecule has 0 fully saturated rings. The van der Waals surface area contributed by atoms with E-state index < -0.39 is 0 Å². The quantitative estimate of drug-likeness (QED) is 0.788. The number of ether oxygens (including phenoxy) is 1. The highest BCUT2D eigenvalue weighted by molar-refractivity contribution is 5.97. The van der Waals surface area contributed by atoms with Crippen LogP contribution in [0.1, 0.15) is 15.9 Å². The van der Waals surface area contributed by atoms with Crippen molar-refractivity contribution in [1.29, 1.82) is 0 Å². The van der Waals surface area contributed by atoms with Gasteiger partial charge in [-0.25, -0.2) is 4.98 Å². The molecule has 118 valence electrons. The lowest BCUT2D eigenvalue weighted by Gasteiger charge is -2.06. The average Bonchev–Trinajstić information content (AvgIpc) is 2.96. The molecule has 0 atom stereocenters. The van der Waals surface area contributed by atoms with Crippen molar-refractivity contribution in [1.82, 2.24) is 14.9 Å². The molecule has 23 heavy (non-hydrogen) atoms. The first-order valence-electron chi connectivity index (χ1n) is 7.49. The third kappa shape index (κ3) is 3.34. The largest absolute Gasteiger partial charge is 0.497 e. The number of hydrogen-bond donors (Lipinski definition) is 1. The van der Waals surface area contributed by atoms with E-state index in [-0.39, 0.29) is 5.91 Å². The normalized spacial score (nSPS) is 10.7. The van der Waals surface area contributed by atoms with E-state index in [1.165, 1.54) is 0 Å². The van der Waals surface area contributed by atoms with Crippen molar-refractivity contribution in [2.24, 2.45) is 7.05 Å². The van der Waals surface area contributed by atoms with Crippen LogP contribution in [0.15, 0.2) is 48.8 Å². The second-order valence-corrected chi connectivity index (χ2v) is 5.41. The van der Waals surface area contributed by atoms with Gasteiger partial charge in [-0.3, -0.25) is 4.79 Å². The van der Waals surface area contributed by atoms with Crippen molar-refractivity contribution < 1.29 is 9.53 Å². The Bertz CT molecular complexity index is 822. The summed E-state index contributed by atoms with van der Waals surface area (Å²) >= 11 is 0. The summed E-state index contributed by atoms with van der Waals surface area (Å²) in [5.74, 6) is 0.757. The first kappa shape index (κ1) is 15.1. The van der Waals surface area contributed by atoms with Crippen molar-refractivity contribution in [3.05, 3.63) is 59.9 Å². The molecule has 0 aliphatic rings. The lowest BCUT2D eigenvalue weighted by atomic mass is 10.1. The Balaban J connectivity index is 1.59. The minimum absolute atomic E-state index is 0.0777. The van der Waals surface area contributed by atoms with Crippen LogP contribution < -0.4 is 10.1 Å². The third-order valence-corrected chi connectivity index (χ3v) is 3.85. The Kier molecular flexibility index (Phi) is 4.28. The van der Waals surface area contributed by atoms with Crippen molar-refractivity contribution in [3.63, 3.8) is 0 Å². The van der Waals surface area contributed by atoms with E-state index in [4.69, 9.17) is 4.74 Å². The molecule has 0 aliphatic heterocycles. The molecule has 0 radical (unpaired) electrons. The van der Waals surface area contributed by atoms with Gasteiger partial charge in [-0.1, -0.05) is 12.1 Å². The minimum atomic E-state index is -0.0777. The second-order valence-electron chi connectivity index (χ2n) is 5.41. The zero-order valence-electron chi connectivity index (χ0n) is 13.2. The molecule has 3 rings (SSSR count). The summed E-state index contributed by atoms with van der Waals surface area (Å²) in [4.78, 5) is 16.5. The lowest BCUT2D eigenvalue weighted by Crippen LogP contribution is -2.25. The second kappa shape index (κ2) is 6.52. The molecule has 0 spiro atoms. The maximum absolute atomic E-state index is 12.2. The molecule has 3 aromatic rings. The summed E-state index contributed by atoms with van der Waals surface area (Å²) in [7, 11) is 3.58. The first-order valence-corrected chi connectivity index (χ1v) is 7.49. The van der Waals surface area contributed by atoms with Gasteiger partial charge in [0.1, 0.15) is 5.75 Å². The zero-order chi connectivity index (χ0) is 16.2. The molecule has 1 amide bonds. The molecule has 0 saturated heterocycles. The van der Waals surface area contributed by atoms with E-state index in [2.05, 4.69) is 10.3 Å². The molecular weight excluding hydrogens is 290 g/mol. The van der Waals surface area contributed by atoms with Crippen LogP contribution in [-0.4, -0.2) is 29.1 Å². The highest BCUT2D eigenvalue weighted by atomic mass is 16.5. The standard InChI is InChI=1S/C18H19N3O2/c1-21-12-20-16-11-14(5-8-17(16)21)18(22)19-10-9-13-3-6-15(23-2)7-4-13/h3-8,11-12H,9-10H2,1-2H3,(H,19,22). The van der Waals surface area contributed by atoms with Crippen LogP contribution in [0.25, 0.3) is 11.0 Å². The van der Waals surface area contributed by atoms with Crippen LogP contribution in [-0.2, 0) is 13.5 Å². The minimum Gasteiger partial charge on any atom is -0.497 e. The van der Waals surface area contributed by atoms with E-state index >= 15 is 0 Å². The maximum atomic E-state index is 12.2. The number of aromatic nitrogens is 2. The monoisotopic (exact) mass is 309 g/mol. The van der Waals surface area contributed by atoms with E-state index in [1.54, 1.807) is 13.4 Å². The topological polar surface area (TPSA) is 56.1 Å². The molecule has 5 heteroatoms. The number of amides is 1. The molecule has 1 heterocycles. The molecule has 1 aromatic heterocycles. The van der Waals surface area contributed by atoms with Crippen LogP contribution >= 0.6 is 0 Å². The highest BCUT2D eigenvalue weighted by Gasteiger charge is 2.08. The number of methoxy groups -OCH3 is 1. The molecule has 0 unspecified atom stereocenters. The van der Waals surface area contributed by atoms with E-state index in [9.17, 15) is 4.79 Å². The van der Waals surface area contributed by atoms with Gasteiger partial charge in [0.15, 0.2) is 0 Å². The Labute approximate surface area is 134 Å². The molecule has 0 saturated carbocycles. The number of hydrogen-bond acceptors (Lipinski definition) is 3. The zero-order valence-corrected chi connectivity index (χ0v) is 13.2. The van der Waals surface area contributed by atoms with Gasteiger partial charge in [-0.15, -0.1) is 0 Å². The maximum Gasteiger partial charge on any atom is 0.251 e. The van der Waals surface area contributed by atoms with Crippen LogP contribution in [0, 0.1) is 0 Å². The predicted molar refractivity (Wildman–Crippen MR) is 89.7 cm³/mol. The lowest BCUT2D eigenvalue weighted by molar-refractivity contribution is 0.0954. The number of carbonyl (C=O) groups excluding carboxylic acids is 1. The summed E-state index contributed by atoms with van der Waals surface area (Å²) in [6, 6.07) is 13.4. The third-order valence-electron chi connectivity index (χ3n) is 3.85. The van der Waals surface area contributed by atoms with E-state index in [1.807, 2.05) is 54.1 Å².